The number of nitrogens with one attached hydrogen (secondary N) is 1. The molecule has 0 aliphatic heterocycles. The highest BCUT2D eigenvalue weighted by molar-refractivity contribution is 6.30. The quantitative estimate of drug-likeness (QED) is 0.459. The fourth-order valence-electron chi connectivity index (χ4n) is 3.59. The van der Waals surface area contributed by atoms with Crippen LogP contribution in [0.5, 0.6) is 0 Å². The number of aryl methyl sites for hydroxylation is 4. The molecule has 0 aliphatic rings. The van der Waals surface area contributed by atoms with Crippen LogP contribution in [0.25, 0.3) is 11.3 Å². The number of hydrogen-bond donors (Lipinski definition) is 1. The number of anilines is 1. The summed E-state index contributed by atoms with van der Waals surface area (Å²) in [6.45, 7) is 8.92. The second-order valence-electron chi connectivity index (χ2n) is 7.37. The zero-order chi connectivity index (χ0) is 20.7. The number of hydrogen-bond acceptors (Lipinski definition) is 3. The van der Waals surface area contributed by atoms with Crippen molar-refractivity contribution in [1.82, 2.24) is 14.0 Å². The van der Waals surface area contributed by atoms with Gasteiger partial charge in [0.05, 0.1) is 22.1 Å². The van der Waals surface area contributed by atoms with E-state index in [9.17, 15) is 4.79 Å². The number of fused-ring (bicyclic) bond motifs is 1. The lowest BCUT2D eigenvalue weighted by Crippen LogP contribution is -2.17. The molecule has 156 valence electrons. The summed E-state index contributed by atoms with van der Waals surface area (Å²) in [7, 11) is 0. The van der Waals surface area contributed by atoms with E-state index in [0.717, 1.165) is 28.4 Å². The third-order valence-electron chi connectivity index (χ3n) is 5.43. The van der Waals surface area contributed by atoms with Gasteiger partial charge in [0.2, 0.25) is 0 Å². The van der Waals surface area contributed by atoms with Crippen LogP contribution in [0.15, 0.2) is 53.6 Å². The standard InChI is InChI=1S/C23H23ClN4O.ClH/c1-14-6-5-7-15(2)20(14)11-25-21-10-19(28-12-18(24)8-9-22(28)29)13-27-17(4)16(3)26-23(21)27;/h5-10,12-13,25H,11H2,1-4H3;1H. The molecule has 7 heteroatoms. The van der Waals surface area contributed by atoms with Crippen LogP contribution in [0.4, 0.5) is 5.69 Å². The number of imidazole rings is 1. The van der Waals surface area contributed by atoms with Crippen molar-refractivity contribution < 1.29 is 0 Å². The Kier molecular flexibility index (Phi) is 6.25. The van der Waals surface area contributed by atoms with Gasteiger partial charge in [-0.1, -0.05) is 29.8 Å². The molecule has 0 aliphatic carbocycles. The highest BCUT2D eigenvalue weighted by atomic mass is 35.5. The maximum absolute atomic E-state index is 12.4. The first-order chi connectivity index (χ1) is 13.8. The van der Waals surface area contributed by atoms with Gasteiger partial charge in [-0.25, -0.2) is 4.98 Å². The Bertz CT molecular complexity index is 1270. The molecule has 0 saturated heterocycles. The van der Waals surface area contributed by atoms with Gasteiger partial charge in [-0.3, -0.25) is 9.36 Å². The summed E-state index contributed by atoms with van der Waals surface area (Å²) in [6, 6.07) is 11.3. The number of halogens is 2. The molecule has 30 heavy (non-hydrogen) atoms. The van der Waals surface area contributed by atoms with Crippen LogP contribution in [0, 0.1) is 27.7 Å². The molecular weight excluding hydrogens is 419 g/mol. The average molecular weight is 443 g/mol. The Labute approximate surface area is 186 Å². The number of aromatic nitrogens is 3. The van der Waals surface area contributed by atoms with E-state index < -0.39 is 0 Å². The van der Waals surface area contributed by atoms with Crippen molar-refractivity contribution in [3.8, 4) is 5.69 Å². The van der Waals surface area contributed by atoms with Gasteiger partial charge in [-0.05, 0) is 56.5 Å². The zero-order valence-corrected chi connectivity index (χ0v) is 18.9. The van der Waals surface area contributed by atoms with Crippen LogP contribution < -0.4 is 10.9 Å². The zero-order valence-electron chi connectivity index (χ0n) is 17.4. The third kappa shape index (κ3) is 3.95. The monoisotopic (exact) mass is 442 g/mol. The first-order valence-electron chi connectivity index (χ1n) is 9.52. The summed E-state index contributed by atoms with van der Waals surface area (Å²) in [5, 5.41) is 4.05. The summed E-state index contributed by atoms with van der Waals surface area (Å²) in [5.74, 6) is 0. The highest BCUT2D eigenvalue weighted by Crippen LogP contribution is 2.25. The summed E-state index contributed by atoms with van der Waals surface area (Å²) in [5.41, 5.74) is 8.04. The molecule has 3 aromatic heterocycles. The molecule has 0 amide bonds. The molecule has 0 radical (unpaired) electrons. The predicted molar refractivity (Wildman–Crippen MR) is 126 cm³/mol. The number of rotatable bonds is 4. The molecule has 1 aromatic carbocycles. The first-order valence-corrected chi connectivity index (χ1v) is 9.90. The third-order valence-corrected chi connectivity index (χ3v) is 5.66. The highest BCUT2D eigenvalue weighted by Gasteiger charge is 2.13. The van der Waals surface area contributed by atoms with E-state index in [-0.39, 0.29) is 18.0 Å². The van der Waals surface area contributed by atoms with E-state index in [1.54, 1.807) is 16.8 Å². The molecule has 0 atom stereocenters. The first kappa shape index (κ1) is 21.9. The van der Waals surface area contributed by atoms with Crippen LogP contribution in [-0.2, 0) is 6.54 Å². The molecular formula is C23H24Cl2N4O. The largest absolute Gasteiger partial charge is 0.378 e. The molecule has 0 unspecified atom stereocenters. The maximum atomic E-state index is 12.4. The Morgan fingerprint density at radius 3 is 2.43 bits per heavy atom. The van der Waals surface area contributed by atoms with E-state index in [0.29, 0.717) is 11.6 Å². The van der Waals surface area contributed by atoms with Crippen molar-refractivity contribution in [2.45, 2.75) is 34.2 Å². The van der Waals surface area contributed by atoms with Gasteiger partial charge < -0.3 is 9.72 Å². The van der Waals surface area contributed by atoms with Gasteiger partial charge in [0.1, 0.15) is 0 Å². The van der Waals surface area contributed by atoms with Gasteiger partial charge >= 0.3 is 0 Å². The topological polar surface area (TPSA) is 51.3 Å². The van der Waals surface area contributed by atoms with E-state index in [2.05, 4.69) is 37.4 Å². The van der Waals surface area contributed by atoms with Crippen molar-refractivity contribution in [2.75, 3.05) is 5.32 Å². The minimum atomic E-state index is -0.135. The van der Waals surface area contributed by atoms with Crippen LogP contribution in [0.3, 0.4) is 0 Å². The van der Waals surface area contributed by atoms with Gasteiger partial charge in [0.25, 0.3) is 5.56 Å². The van der Waals surface area contributed by atoms with Crippen LogP contribution in [0.2, 0.25) is 5.02 Å². The summed E-state index contributed by atoms with van der Waals surface area (Å²) < 4.78 is 3.58. The summed E-state index contributed by atoms with van der Waals surface area (Å²) >= 11 is 6.14. The summed E-state index contributed by atoms with van der Waals surface area (Å²) in [6.07, 6.45) is 3.56. The Hall–Kier alpha value is -2.76. The Balaban J connectivity index is 0.00000256. The smallest absolute Gasteiger partial charge is 0.255 e. The van der Waals surface area contributed by atoms with Gasteiger partial charge in [0.15, 0.2) is 5.65 Å². The normalized spacial score (nSPS) is 10.8. The fraction of sp³-hybridized carbons (Fsp3) is 0.217. The second kappa shape index (κ2) is 8.54. The van der Waals surface area contributed by atoms with E-state index >= 15 is 0 Å². The van der Waals surface area contributed by atoms with Crippen molar-refractivity contribution in [1.29, 1.82) is 0 Å². The number of nitrogens with zero attached hydrogens (tertiary/aromatic N) is 3. The van der Waals surface area contributed by atoms with E-state index in [4.69, 9.17) is 16.6 Å². The minimum absolute atomic E-state index is 0. The molecule has 0 bridgehead atoms. The second-order valence-corrected chi connectivity index (χ2v) is 7.80. The SMILES string of the molecule is Cc1cccc(C)c1CNc1cc(-n2cc(Cl)ccc2=O)cn2c(C)c(C)nc12.Cl. The average Bonchev–Trinajstić information content (AvgIpc) is 2.97. The molecule has 4 rings (SSSR count). The summed E-state index contributed by atoms with van der Waals surface area (Å²) in [4.78, 5) is 17.2. The van der Waals surface area contributed by atoms with Gasteiger partial charge in [-0.2, -0.15) is 0 Å². The van der Waals surface area contributed by atoms with Gasteiger partial charge in [0, 0.05) is 30.7 Å². The van der Waals surface area contributed by atoms with Crippen LogP contribution in [-0.4, -0.2) is 14.0 Å². The van der Waals surface area contributed by atoms with Crippen molar-refractivity contribution in [3.63, 3.8) is 0 Å². The Morgan fingerprint density at radius 2 is 1.73 bits per heavy atom. The predicted octanol–water partition coefficient (Wildman–Crippen LogP) is 5.41. The molecule has 0 saturated carbocycles. The molecule has 4 aromatic rings. The minimum Gasteiger partial charge on any atom is -0.378 e. The molecule has 5 nitrogen and oxygen atoms in total. The lowest BCUT2D eigenvalue weighted by molar-refractivity contribution is 0.959. The maximum Gasteiger partial charge on any atom is 0.255 e. The molecule has 3 heterocycles. The van der Waals surface area contributed by atoms with Gasteiger partial charge in [-0.15, -0.1) is 12.4 Å². The number of pyridine rings is 2. The van der Waals surface area contributed by atoms with Crippen molar-refractivity contribution in [3.05, 3.63) is 92.2 Å². The lowest BCUT2D eigenvalue weighted by Gasteiger charge is -2.15. The van der Waals surface area contributed by atoms with Crippen LogP contribution in [0.1, 0.15) is 28.1 Å². The lowest BCUT2D eigenvalue weighted by atomic mass is 10.0. The van der Waals surface area contributed by atoms with Crippen molar-refractivity contribution in [2.24, 2.45) is 0 Å². The van der Waals surface area contributed by atoms with E-state index in [1.807, 2.05) is 30.5 Å². The molecule has 0 fully saturated rings. The molecule has 1 N–H and O–H groups in total. The Morgan fingerprint density at radius 1 is 1.03 bits per heavy atom. The van der Waals surface area contributed by atoms with E-state index in [1.165, 1.54) is 22.8 Å². The fourth-order valence-corrected chi connectivity index (χ4v) is 3.75. The molecule has 0 spiro atoms. The van der Waals surface area contributed by atoms with Crippen molar-refractivity contribution >= 4 is 35.3 Å². The van der Waals surface area contributed by atoms with Crippen LogP contribution >= 0.6 is 24.0 Å². The number of benzene rings is 1.